The normalized spacial score (nSPS) is 15.1. The number of rotatable bonds is 3. The number of carbonyl (C=O) groups excluding carboxylic acids is 2. The van der Waals surface area contributed by atoms with Crippen LogP contribution in [-0.4, -0.2) is 45.1 Å². The third-order valence-electron chi connectivity index (χ3n) is 5.41. The molecule has 1 aliphatic heterocycles. The molecule has 0 aliphatic carbocycles. The summed E-state index contributed by atoms with van der Waals surface area (Å²) in [7, 11) is 0. The molecule has 2 amide bonds. The van der Waals surface area contributed by atoms with Gasteiger partial charge in [-0.05, 0) is 70.0 Å². The largest absolute Gasteiger partial charge is 0.444 e. The van der Waals surface area contributed by atoms with Crippen molar-refractivity contribution in [1.82, 2.24) is 14.5 Å². The Morgan fingerprint density at radius 3 is 2.38 bits per heavy atom. The quantitative estimate of drug-likeness (QED) is 0.565. The maximum absolute atomic E-state index is 12.8. The van der Waals surface area contributed by atoms with E-state index in [-0.39, 0.29) is 18.0 Å². The predicted octanol–water partition coefficient (Wildman–Crippen LogP) is 5.51. The number of amides is 2. The molecule has 4 rings (SSSR count). The minimum Gasteiger partial charge on any atom is -0.444 e. The van der Waals surface area contributed by atoms with Crippen molar-refractivity contribution in [3.8, 4) is 0 Å². The number of hydrogen-bond acceptors (Lipinski definition) is 4. The van der Waals surface area contributed by atoms with Gasteiger partial charge in [0.25, 0.3) is 5.91 Å². The minimum absolute atomic E-state index is 0.0987. The molecule has 0 spiro atoms. The molecule has 0 unspecified atom stereocenters. The number of nitrogens with one attached hydrogen (secondary N) is 1. The highest BCUT2D eigenvalue weighted by Gasteiger charge is 2.29. The first-order valence-electron chi connectivity index (χ1n) is 10.7. The summed E-state index contributed by atoms with van der Waals surface area (Å²) in [5.41, 5.74) is 1.75. The molecule has 1 aromatic heterocycles. The first-order valence-corrected chi connectivity index (χ1v) is 11.1. The molecule has 168 valence electrons. The minimum atomic E-state index is -0.520. The molecule has 0 saturated carbocycles. The number of benzene rings is 2. The van der Waals surface area contributed by atoms with Gasteiger partial charge in [0, 0.05) is 29.7 Å². The highest BCUT2D eigenvalue weighted by atomic mass is 35.5. The zero-order valence-corrected chi connectivity index (χ0v) is 19.2. The van der Waals surface area contributed by atoms with E-state index >= 15 is 0 Å². The second kappa shape index (κ2) is 8.82. The second-order valence-electron chi connectivity index (χ2n) is 8.95. The highest BCUT2D eigenvalue weighted by molar-refractivity contribution is 6.30. The van der Waals surface area contributed by atoms with E-state index in [2.05, 4.69) is 14.9 Å². The fraction of sp³-hybridized carbons (Fsp3) is 0.375. The van der Waals surface area contributed by atoms with Crippen molar-refractivity contribution in [2.24, 2.45) is 0 Å². The summed E-state index contributed by atoms with van der Waals surface area (Å²) < 4.78 is 7.59. The molecule has 2 heterocycles. The Balaban J connectivity index is 1.55. The van der Waals surface area contributed by atoms with Crippen molar-refractivity contribution in [3.63, 3.8) is 0 Å². The third kappa shape index (κ3) is 4.88. The smallest absolute Gasteiger partial charge is 0.410 e. The molecule has 0 bridgehead atoms. The molecule has 1 aliphatic rings. The zero-order chi connectivity index (χ0) is 22.9. The Bertz CT molecular complexity index is 1130. The Labute approximate surface area is 192 Å². The molecule has 1 fully saturated rings. The van der Waals surface area contributed by atoms with Gasteiger partial charge >= 0.3 is 6.09 Å². The van der Waals surface area contributed by atoms with Gasteiger partial charge in [-0.15, -0.1) is 0 Å². The number of hydrogen-bond donors (Lipinski definition) is 1. The van der Waals surface area contributed by atoms with E-state index < -0.39 is 5.60 Å². The van der Waals surface area contributed by atoms with Crippen LogP contribution in [0.2, 0.25) is 5.02 Å². The van der Waals surface area contributed by atoms with Crippen LogP contribution in [-0.2, 0) is 4.74 Å². The lowest BCUT2D eigenvalue weighted by atomic mass is 10.0. The number of imidazole rings is 1. The topological polar surface area (TPSA) is 76.5 Å². The summed E-state index contributed by atoms with van der Waals surface area (Å²) in [6.07, 6.45) is 1.19. The Kier molecular flexibility index (Phi) is 6.11. The van der Waals surface area contributed by atoms with Crippen molar-refractivity contribution in [1.29, 1.82) is 0 Å². The number of likely N-dealkylation sites (tertiary alicyclic amines) is 1. The van der Waals surface area contributed by atoms with Gasteiger partial charge in [0.1, 0.15) is 5.60 Å². The lowest BCUT2D eigenvalue weighted by Gasteiger charge is -2.34. The van der Waals surface area contributed by atoms with Gasteiger partial charge in [-0.25, -0.2) is 9.78 Å². The van der Waals surface area contributed by atoms with Gasteiger partial charge < -0.3 is 14.2 Å². The molecule has 8 heteroatoms. The lowest BCUT2D eigenvalue weighted by molar-refractivity contribution is 0.0190. The van der Waals surface area contributed by atoms with E-state index in [1.54, 1.807) is 29.2 Å². The van der Waals surface area contributed by atoms with Crippen molar-refractivity contribution in [2.45, 2.75) is 45.3 Å². The van der Waals surface area contributed by atoms with E-state index in [1.807, 2.05) is 45.0 Å². The van der Waals surface area contributed by atoms with Gasteiger partial charge in [0.15, 0.2) is 0 Å². The monoisotopic (exact) mass is 454 g/mol. The summed E-state index contributed by atoms with van der Waals surface area (Å²) in [6, 6.07) is 14.7. The van der Waals surface area contributed by atoms with Crippen LogP contribution in [0.25, 0.3) is 11.0 Å². The number of ether oxygens (including phenoxy) is 1. The van der Waals surface area contributed by atoms with Crippen LogP contribution < -0.4 is 5.32 Å². The van der Waals surface area contributed by atoms with Gasteiger partial charge in [0.2, 0.25) is 5.95 Å². The zero-order valence-electron chi connectivity index (χ0n) is 18.5. The van der Waals surface area contributed by atoms with Gasteiger partial charge in [-0.2, -0.15) is 0 Å². The Morgan fingerprint density at radius 1 is 1.06 bits per heavy atom. The standard InChI is InChI=1S/C24H27ClN4O3/c1-24(2,3)32-23(31)28-14-12-18(13-15-28)29-20-7-5-4-6-19(20)26-22(29)27-21(30)16-8-10-17(25)11-9-16/h4-11,18H,12-15H2,1-3H3,(H,26,27,30). The molecule has 2 aromatic carbocycles. The van der Waals surface area contributed by atoms with Crippen LogP contribution in [0.3, 0.4) is 0 Å². The van der Waals surface area contributed by atoms with E-state index in [4.69, 9.17) is 16.3 Å². The van der Waals surface area contributed by atoms with E-state index in [0.29, 0.717) is 29.6 Å². The second-order valence-corrected chi connectivity index (χ2v) is 9.39. The van der Waals surface area contributed by atoms with Crippen LogP contribution in [0, 0.1) is 0 Å². The van der Waals surface area contributed by atoms with Gasteiger partial charge in [-0.1, -0.05) is 23.7 Å². The lowest BCUT2D eigenvalue weighted by Crippen LogP contribution is -2.42. The van der Waals surface area contributed by atoms with Crippen molar-refractivity contribution < 1.29 is 14.3 Å². The Hall–Kier alpha value is -3.06. The molecule has 1 N–H and O–H groups in total. The maximum Gasteiger partial charge on any atom is 0.410 e. The number of piperidine rings is 1. The third-order valence-corrected chi connectivity index (χ3v) is 5.66. The average Bonchev–Trinajstić information content (AvgIpc) is 3.11. The summed E-state index contributed by atoms with van der Waals surface area (Å²) in [5, 5.41) is 3.54. The van der Waals surface area contributed by atoms with E-state index in [9.17, 15) is 9.59 Å². The fourth-order valence-corrected chi connectivity index (χ4v) is 4.04. The van der Waals surface area contributed by atoms with Crippen LogP contribution in [0.5, 0.6) is 0 Å². The predicted molar refractivity (Wildman–Crippen MR) is 125 cm³/mol. The number of fused-ring (bicyclic) bond motifs is 1. The highest BCUT2D eigenvalue weighted by Crippen LogP contribution is 2.32. The SMILES string of the molecule is CC(C)(C)OC(=O)N1CCC(n2c(NC(=O)c3ccc(Cl)cc3)nc3ccccc32)CC1. The van der Waals surface area contributed by atoms with Crippen LogP contribution in [0.1, 0.15) is 50.0 Å². The summed E-state index contributed by atoms with van der Waals surface area (Å²) >= 11 is 5.94. The summed E-state index contributed by atoms with van der Waals surface area (Å²) in [6.45, 7) is 6.76. The number of para-hydroxylation sites is 2. The number of anilines is 1. The van der Waals surface area contributed by atoms with Crippen molar-refractivity contribution in [3.05, 3.63) is 59.1 Å². The molecule has 32 heavy (non-hydrogen) atoms. The molecular formula is C24H27ClN4O3. The van der Waals surface area contributed by atoms with E-state index in [1.165, 1.54) is 0 Å². The van der Waals surface area contributed by atoms with Gasteiger partial charge in [0.05, 0.1) is 11.0 Å². The Morgan fingerprint density at radius 2 is 1.72 bits per heavy atom. The van der Waals surface area contributed by atoms with Crippen molar-refractivity contribution in [2.75, 3.05) is 18.4 Å². The average molecular weight is 455 g/mol. The first kappa shape index (κ1) is 22.1. The van der Waals surface area contributed by atoms with Crippen LogP contribution in [0.4, 0.5) is 10.7 Å². The first-order chi connectivity index (χ1) is 15.2. The number of nitrogens with zero attached hydrogens (tertiary/aromatic N) is 3. The molecular weight excluding hydrogens is 428 g/mol. The number of halogens is 1. The summed E-state index contributed by atoms with van der Waals surface area (Å²) in [4.78, 5) is 31.7. The molecule has 0 radical (unpaired) electrons. The molecule has 3 aromatic rings. The maximum atomic E-state index is 12.8. The van der Waals surface area contributed by atoms with Gasteiger partial charge in [-0.3, -0.25) is 10.1 Å². The van der Waals surface area contributed by atoms with Crippen LogP contribution >= 0.6 is 11.6 Å². The molecule has 7 nitrogen and oxygen atoms in total. The number of carbonyl (C=O) groups is 2. The van der Waals surface area contributed by atoms with E-state index in [0.717, 1.165) is 23.9 Å². The number of aromatic nitrogens is 2. The van der Waals surface area contributed by atoms with Crippen LogP contribution in [0.15, 0.2) is 48.5 Å². The van der Waals surface area contributed by atoms with Crippen molar-refractivity contribution >= 4 is 40.6 Å². The molecule has 0 atom stereocenters. The molecule has 1 saturated heterocycles. The summed E-state index contributed by atoms with van der Waals surface area (Å²) in [5.74, 6) is 0.256. The fourth-order valence-electron chi connectivity index (χ4n) is 3.91.